The topological polar surface area (TPSA) is 46.5 Å². The molecule has 1 aromatic carbocycles. The Labute approximate surface area is 103 Å². The molecule has 0 heterocycles. The van der Waals surface area contributed by atoms with Gasteiger partial charge in [-0.25, -0.2) is 0 Å². The minimum absolute atomic E-state index is 0.183. The van der Waals surface area contributed by atoms with Crippen molar-refractivity contribution in [1.82, 2.24) is 0 Å². The van der Waals surface area contributed by atoms with Crippen molar-refractivity contribution in [2.75, 3.05) is 7.11 Å². The lowest BCUT2D eigenvalue weighted by Crippen LogP contribution is -2.15. The molecule has 17 heavy (non-hydrogen) atoms. The molecule has 0 aliphatic rings. The number of ether oxygens (including phenoxy) is 1. The molecule has 0 radical (unpaired) electrons. The monoisotopic (exact) mass is 238 g/mol. The number of aromatic hydroxyl groups is 1. The number of hydrogen-bond donors (Lipinski definition) is 1. The van der Waals surface area contributed by atoms with Gasteiger partial charge in [-0.1, -0.05) is 32.9 Å². The molecule has 3 nitrogen and oxygen atoms in total. The molecule has 96 valence electrons. The highest BCUT2D eigenvalue weighted by molar-refractivity contribution is 5.72. The fourth-order valence-electron chi connectivity index (χ4n) is 1.42. The molecule has 1 rings (SSSR count). The summed E-state index contributed by atoms with van der Waals surface area (Å²) in [5.74, 6) is -0.142. The lowest BCUT2D eigenvalue weighted by atomic mass is 10.00. The van der Waals surface area contributed by atoms with E-state index >= 15 is 0 Å². The average Bonchev–Trinajstić information content (AvgIpc) is 2.35. The molecule has 0 fully saturated rings. The van der Waals surface area contributed by atoms with Crippen molar-refractivity contribution in [2.45, 2.75) is 34.1 Å². The number of phenolic OH excluding ortho intramolecular Hbond substituents is 1. The Kier molecular flexibility index (Phi) is 7.03. The maximum Gasteiger partial charge on any atom is 0.308 e. The first-order valence-corrected chi connectivity index (χ1v) is 5.91. The van der Waals surface area contributed by atoms with Crippen molar-refractivity contribution in [2.24, 2.45) is 5.92 Å². The van der Waals surface area contributed by atoms with E-state index in [4.69, 9.17) is 0 Å². The fraction of sp³-hybridized carbons (Fsp3) is 0.500. The quantitative estimate of drug-likeness (QED) is 0.823. The maximum absolute atomic E-state index is 11.2. The van der Waals surface area contributed by atoms with Crippen LogP contribution in [0.2, 0.25) is 0 Å². The molecular weight excluding hydrogens is 216 g/mol. The third-order valence-electron chi connectivity index (χ3n) is 2.42. The molecule has 0 saturated carbocycles. The zero-order valence-electron chi connectivity index (χ0n) is 11.3. The highest BCUT2D eigenvalue weighted by Crippen LogP contribution is 2.19. The van der Waals surface area contributed by atoms with E-state index < -0.39 is 0 Å². The van der Waals surface area contributed by atoms with Crippen LogP contribution in [0.1, 0.15) is 31.9 Å². The van der Waals surface area contributed by atoms with Crippen LogP contribution in [0.5, 0.6) is 5.75 Å². The van der Waals surface area contributed by atoms with Gasteiger partial charge >= 0.3 is 5.97 Å². The third kappa shape index (κ3) is 4.89. The van der Waals surface area contributed by atoms with Gasteiger partial charge in [0.2, 0.25) is 0 Å². The number of methoxy groups -OCH3 is 1. The number of benzene rings is 1. The lowest BCUT2D eigenvalue weighted by Gasteiger charge is -2.09. The van der Waals surface area contributed by atoms with Crippen LogP contribution in [0, 0.1) is 12.8 Å². The highest BCUT2D eigenvalue weighted by Gasteiger charge is 2.13. The van der Waals surface area contributed by atoms with Crippen LogP contribution in [0.3, 0.4) is 0 Å². The van der Waals surface area contributed by atoms with Crippen LogP contribution in [0.15, 0.2) is 18.2 Å². The molecule has 0 saturated heterocycles. The van der Waals surface area contributed by atoms with Crippen LogP contribution in [0.25, 0.3) is 0 Å². The number of phenols is 1. The molecule has 1 N–H and O–H groups in total. The summed E-state index contributed by atoms with van der Waals surface area (Å²) in [5, 5.41) is 9.49. The number of hydrogen-bond acceptors (Lipinski definition) is 3. The Morgan fingerprint density at radius 1 is 1.41 bits per heavy atom. The summed E-state index contributed by atoms with van der Waals surface area (Å²) in [6.45, 7) is 7.64. The lowest BCUT2D eigenvalue weighted by molar-refractivity contribution is -0.144. The second kappa shape index (κ2) is 7.71. The van der Waals surface area contributed by atoms with Gasteiger partial charge in [0.15, 0.2) is 0 Å². The number of rotatable bonds is 3. The third-order valence-corrected chi connectivity index (χ3v) is 2.42. The average molecular weight is 238 g/mol. The van der Waals surface area contributed by atoms with Crippen molar-refractivity contribution in [3.8, 4) is 5.75 Å². The van der Waals surface area contributed by atoms with Crippen molar-refractivity contribution >= 4 is 5.97 Å². The summed E-state index contributed by atoms with van der Waals surface area (Å²) in [5.41, 5.74) is 1.78. The molecule has 1 atom stereocenters. The summed E-state index contributed by atoms with van der Waals surface area (Å²) < 4.78 is 4.64. The predicted molar refractivity (Wildman–Crippen MR) is 69.1 cm³/mol. The van der Waals surface area contributed by atoms with E-state index in [0.29, 0.717) is 6.42 Å². The van der Waals surface area contributed by atoms with Gasteiger partial charge in [0, 0.05) is 0 Å². The van der Waals surface area contributed by atoms with Crippen molar-refractivity contribution in [1.29, 1.82) is 0 Å². The Morgan fingerprint density at radius 2 is 2.00 bits per heavy atom. The first-order valence-electron chi connectivity index (χ1n) is 5.91. The number of esters is 1. The zero-order chi connectivity index (χ0) is 13.4. The van der Waals surface area contributed by atoms with Gasteiger partial charge in [-0.05, 0) is 30.5 Å². The van der Waals surface area contributed by atoms with Crippen LogP contribution in [-0.2, 0) is 16.0 Å². The standard InChI is InChI=1S/C12H16O3.C2H6/c1-8-4-5-10(7-11(8)13)6-9(2)12(14)15-3;1-2/h4-5,7,9,13H,6H2,1-3H3;1-2H3. The highest BCUT2D eigenvalue weighted by atomic mass is 16.5. The van der Waals surface area contributed by atoms with E-state index in [2.05, 4.69) is 4.74 Å². The molecule has 0 amide bonds. The molecule has 0 aliphatic heterocycles. The van der Waals surface area contributed by atoms with Gasteiger partial charge in [0.05, 0.1) is 13.0 Å². The van der Waals surface area contributed by atoms with Gasteiger partial charge in [0.25, 0.3) is 0 Å². The normalized spacial score (nSPS) is 11.1. The Morgan fingerprint density at radius 3 is 2.47 bits per heavy atom. The van der Waals surface area contributed by atoms with Crippen molar-refractivity contribution in [3.05, 3.63) is 29.3 Å². The van der Waals surface area contributed by atoms with E-state index in [1.54, 1.807) is 6.07 Å². The minimum Gasteiger partial charge on any atom is -0.508 e. The SMILES string of the molecule is CC.COC(=O)C(C)Cc1ccc(C)c(O)c1. The zero-order valence-corrected chi connectivity index (χ0v) is 11.3. The summed E-state index contributed by atoms with van der Waals surface area (Å²) in [6.07, 6.45) is 0.584. The second-order valence-corrected chi connectivity index (χ2v) is 3.75. The van der Waals surface area contributed by atoms with Crippen molar-refractivity contribution in [3.63, 3.8) is 0 Å². The summed E-state index contributed by atoms with van der Waals surface area (Å²) >= 11 is 0. The number of carbonyl (C=O) groups excluding carboxylic acids is 1. The molecule has 1 aromatic rings. The van der Waals surface area contributed by atoms with E-state index in [0.717, 1.165) is 11.1 Å². The smallest absolute Gasteiger partial charge is 0.308 e. The van der Waals surface area contributed by atoms with Gasteiger partial charge in [0.1, 0.15) is 5.75 Å². The van der Waals surface area contributed by atoms with Crippen LogP contribution in [-0.4, -0.2) is 18.2 Å². The Balaban J connectivity index is 0.00000121. The van der Waals surface area contributed by atoms with Gasteiger partial charge in [-0.2, -0.15) is 0 Å². The molecule has 0 aromatic heterocycles. The molecular formula is C14H22O3. The summed E-state index contributed by atoms with van der Waals surface area (Å²) in [6, 6.07) is 5.44. The van der Waals surface area contributed by atoms with E-state index in [-0.39, 0.29) is 17.6 Å². The number of carbonyl (C=O) groups is 1. The van der Waals surface area contributed by atoms with Gasteiger partial charge in [-0.15, -0.1) is 0 Å². The largest absolute Gasteiger partial charge is 0.508 e. The second-order valence-electron chi connectivity index (χ2n) is 3.75. The van der Waals surface area contributed by atoms with Gasteiger partial charge in [-0.3, -0.25) is 4.79 Å². The molecule has 1 unspecified atom stereocenters. The first-order chi connectivity index (χ1) is 8.04. The molecule has 0 bridgehead atoms. The predicted octanol–water partition coefficient (Wildman–Crippen LogP) is 3.08. The van der Waals surface area contributed by atoms with E-state index in [1.165, 1.54) is 7.11 Å². The Hall–Kier alpha value is -1.51. The maximum atomic E-state index is 11.2. The summed E-state index contributed by atoms with van der Waals surface area (Å²) in [4.78, 5) is 11.2. The summed E-state index contributed by atoms with van der Waals surface area (Å²) in [7, 11) is 1.38. The molecule has 0 aliphatic carbocycles. The van der Waals surface area contributed by atoms with E-state index in [1.807, 2.05) is 39.8 Å². The fourth-order valence-corrected chi connectivity index (χ4v) is 1.42. The van der Waals surface area contributed by atoms with Crippen LogP contribution in [0.4, 0.5) is 0 Å². The molecule has 3 heteroatoms. The van der Waals surface area contributed by atoms with Crippen LogP contribution >= 0.6 is 0 Å². The van der Waals surface area contributed by atoms with E-state index in [9.17, 15) is 9.90 Å². The Bertz CT molecular complexity index is 358. The minimum atomic E-state index is -0.227. The van der Waals surface area contributed by atoms with Crippen LogP contribution < -0.4 is 0 Å². The molecule has 0 spiro atoms. The van der Waals surface area contributed by atoms with Crippen molar-refractivity contribution < 1.29 is 14.6 Å². The number of aryl methyl sites for hydroxylation is 1. The first kappa shape index (κ1) is 15.5. The van der Waals surface area contributed by atoms with Gasteiger partial charge < -0.3 is 9.84 Å².